The van der Waals surface area contributed by atoms with E-state index >= 15 is 0 Å². The van der Waals surface area contributed by atoms with Gasteiger partial charge in [-0.2, -0.15) is 10.1 Å². The molecule has 3 aromatic rings. The summed E-state index contributed by atoms with van der Waals surface area (Å²) in [6, 6.07) is 3.81. The third-order valence-corrected chi connectivity index (χ3v) is 2.50. The van der Waals surface area contributed by atoms with Crippen LogP contribution < -0.4 is 4.74 Å². The fourth-order valence-corrected chi connectivity index (χ4v) is 1.72. The van der Waals surface area contributed by atoms with E-state index in [0.29, 0.717) is 18.3 Å². The zero-order valence-corrected chi connectivity index (χ0v) is 9.82. The summed E-state index contributed by atoms with van der Waals surface area (Å²) in [7, 11) is 0. The smallest absolute Gasteiger partial charge is 0.252 e. The summed E-state index contributed by atoms with van der Waals surface area (Å²) in [5.41, 5.74) is 1.79. The maximum absolute atomic E-state index is 5.50. The Morgan fingerprint density at radius 3 is 3.11 bits per heavy atom. The number of aromatic nitrogens is 5. The molecule has 3 aromatic heterocycles. The number of rotatable bonds is 3. The van der Waals surface area contributed by atoms with Gasteiger partial charge in [-0.05, 0) is 19.1 Å². The van der Waals surface area contributed by atoms with Crippen molar-refractivity contribution in [3.05, 3.63) is 37.1 Å². The minimum Gasteiger partial charge on any atom is -0.478 e. The SMILES string of the molecule is CCOc1ncccc1-c1cnc2ncnn2c1. The van der Waals surface area contributed by atoms with Crippen LogP contribution in [-0.2, 0) is 0 Å². The van der Waals surface area contributed by atoms with Gasteiger partial charge in [-0.1, -0.05) is 0 Å². The molecule has 0 saturated heterocycles. The molecule has 0 N–H and O–H groups in total. The molecular weight excluding hydrogens is 230 g/mol. The van der Waals surface area contributed by atoms with Crippen LogP contribution in [0.25, 0.3) is 16.9 Å². The Morgan fingerprint density at radius 1 is 1.28 bits per heavy atom. The molecule has 0 aliphatic rings. The summed E-state index contributed by atoms with van der Waals surface area (Å²) in [5.74, 6) is 1.17. The van der Waals surface area contributed by atoms with E-state index in [1.54, 1.807) is 16.9 Å². The van der Waals surface area contributed by atoms with Crippen molar-refractivity contribution in [1.82, 2.24) is 24.6 Å². The van der Waals surface area contributed by atoms with Crippen molar-refractivity contribution < 1.29 is 4.74 Å². The van der Waals surface area contributed by atoms with Gasteiger partial charge < -0.3 is 4.74 Å². The van der Waals surface area contributed by atoms with Crippen LogP contribution in [0.3, 0.4) is 0 Å². The monoisotopic (exact) mass is 241 g/mol. The Labute approximate surface area is 103 Å². The maximum atomic E-state index is 5.50. The van der Waals surface area contributed by atoms with Gasteiger partial charge in [-0.3, -0.25) is 0 Å². The minimum atomic E-state index is 0.570. The van der Waals surface area contributed by atoms with Crippen LogP contribution in [0.1, 0.15) is 6.92 Å². The van der Waals surface area contributed by atoms with Crippen molar-refractivity contribution in [2.45, 2.75) is 6.92 Å². The lowest BCUT2D eigenvalue weighted by Gasteiger charge is -2.08. The van der Waals surface area contributed by atoms with Gasteiger partial charge in [0.2, 0.25) is 5.88 Å². The molecular formula is C12H11N5O. The highest BCUT2D eigenvalue weighted by atomic mass is 16.5. The van der Waals surface area contributed by atoms with Gasteiger partial charge in [0, 0.05) is 29.7 Å². The topological polar surface area (TPSA) is 65.2 Å². The van der Waals surface area contributed by atoms with Crippen LogP contribution in [0.5, 0.6) is 5.88 Å². The molecule has 0 aromatic carbocycles. The van der Waals surface area contributed by atoms with Crippen molar-refractivity contribution in [2.24, 2.45) is 0 Å². The van der Waals surface area contributed by atoms with Crippen LogP contribution in [0.2, 0.25) is 0 Å². The number of hydrogen-bond acceptors (Lipinski definition) is 5. The molecule has 0 aliphatic heterocycles. The second-order valence-corrected chi connectivity index (χ2v) is 3.64. The number of pyridine rings is 1. The molecule has 0 radical (unpaired) electrons. The standard InChI is InChI=1S/C12H11N5O/c1-2-18-11-10(4-3-5-13-11)9-6-14-12-15-8-16-17(12)7-9/h3-8H,2H2,1H3. The highest BCUT2D eigenvalue weighted by Crippen LogP contribution is 2.26. The lowest BCUT2D eigenvalue weighted by molar-refractivity contribution is 0.328. The largest absolute Gasteiger partial charge is 0.478 e. The summed E-state index contributed by atoms with van der Waals surface area (Å²) in [6.45, 7) is 2.50. The molecule has 18 heavy (non-hydrogen) atoms. The number of ether oxygens (including phenoxy) is 1. The first-order valence-corrected chi connectivity index (χ1v) is 5.62. The van der Waals surface area contributed by atoms with Crippen molar-refractivity contribution in [3.63, 3.8) is 0 Å². The van der Waals surface area contributed by atoms with Crippen molar-refractivity contribution in [3.8, 4) is 17.0 Å². The van der Waals surface area contributed by atoms with Crippen LogP contribution in [-0.4, -0.2) is 31.2 Å². The van der Waals surface area contributed by atoms with E-state index in [-0.39, 0.29) is 0 Å². The van der Waals surface area contributed by atoms with Gasteiger partial charge in [0.1, 0.15) is 6.33 Å². The lowest BCUT2D eigenvalue weighted by Crippen LogP contribution is -1.98. The fourth-order valence-electron chi connectivity index (χ4n) is 1.72. The van der Waals surface area contributed by atoms with E-state index < -0.39 is 0 Å². The third kappa shape index (κ3) is 1.77. The minimum absolute atomic E-state index is 0.570. The predicted molar refractivity (Wildman–Crippen MR) is 65.2 cm³/mol. The van der Waals surface area contributed by atoms with E-state index in [2.05, 4.69) is 20.1 Å². The molecule has 0 unspecified atom stereocenters. The van der Waals surface area contributed by atoms with Crippen LogP contribution in [0, 0.1) is 0 Å². The molecule has 6 heteroatoms. The Kier molecular flexibility index (Phi) is 2.60. The maximum Gasteiger partial charge on any atom is 0.252 e. The second-order valence-electron chi connectivity index (χ2n) is 3.64. The Morgan fingerprint density at radius 2 is 2.22 bits per heavy atom. The summed E-state index contributed by atoms with van der Waals surface area (Å²) >= 11 is 0. The van der Waals surface area contributed by atoms with Crippen LogP contribution in [0.15, 0.2) is 37.1 Å². The number of fused-ring (bicyclic) bond motifs is 1. The van der Waals surface area contributed by atoms with Crippen LogP contribution in [0.4, 0.5) is 0 Å². The summed E-state index contributed by atoms with van der Waals surface area (Å²) in [5, 5.41) is 4.06. The molecule has 3 rings (SSSR count). The summed E-state index contributed by atoms with van der Waals surface area (Å²) in [4.78, 5) is 12.4. The fraction of sp³-hybridized carbons (Fsp3) is 0.167. The first-order chi connectivity index (χ1) is 8.88. The van der Waals surface area contributed by atoms with Crippen molar-refractivity contribution in [2.75, 3.05) is 6.61 Å². The van der Waals surface area contributed by atoms with Gasteiger partial charge in [-0.25, -0.2) is 14.5 Å². The Bertz CT molecular complexity index is 679. The van der Waals surface area contributed by atoms with Gasteiger partial charge >= 0.3 is 0 Å². The van der Waals surface area contributed by atoms with E-state index in [4.69, 9.17) is 4.74 Å². The molecule has 6 nitrogen and oxygen atoms in total. The molecule has 3 heterocycles. The normalized spacial score (nSPS) is 10.7. The first-order valence-electron chi connectivity index (χ1n) is 5.62. The second kappa shape index (κ2) is 4.40. The van der Waals surface area contributed by atoms with Gasteiger partial charge in [0.25, 0.3) is 5.78 Å². The molecule has 0 aliphatic carbocycles. The average Bonchev–Trinajstić information content (AvgIpc) is 2.87. The summed E-state index contributed by atoms with van der Waals surface area (Å²) in [6.07, 6.45) is 6.77. The quantitative estimate of drug-likeness (QED) is 0.696. The molecule has 0 bridgehead atoms. The molecule has 0 atom stereocenters. The molecule has 90 valence electrons. The third-order valence-electron chi connectivity index (χ3n) is 2.50. The van der Waals surface area contributed by atoms with Crippen molar-refractivity contribution >= 4 is 5.78 Å². The van der Waals surface area contributed by atoms with Crippen molar-refractivity contribution in [1.29, 1.82) is 0 Å². The first kappa shape index (κ1) is 10.6. The Balaban J connectivity index is 2.12. The highest BCUT2D eigenvalue weighted by molar-refractivity contribution is 5.67. The average molecular weight is 241 g/mol. The highest BCUT2D eigenvalue weighted by Gasteiger charge is 2.08. The van der Waals surface area contributed by atoms with Crippen LogP contribution >= 0.6 is 0 Å². The zero-order valence-electron chi connectivity index (χ0n) is 9.82. The van der Waals surface area contributed by atoms with Gasteiger partial charge in [0.05, 0.1) is 6.61 Å². The molecule has 0 fully saturated rings. The predicted octanol–water partition coefficient (Wildman–Crippen LogP) is 1.58. The molecule has 0 amide bonds. The Hall–Kier alpha value is -2.50. The van der Waals surface area contributed by atoms with E-state index in [1.807, 2.05) is 25.3 Å². The lowest BCUT2D eigenvalue weighted by atomic mass is 10.1. The van der Waals surface area contributed by atoms with E-state index in [9.17, 15) is 0 Å². The van der Waals surface area contributed by atoms with E-state index in [0.717, 1.165) is 11.1 Å². The zero-order chi connectivity index (χ0) is 12.4. The van der Waals surface area contributed by atoms with Gasteiger partial charge in [-0.15, -0.1) is 0 Å². The number of hydrogen-bond donors (Lipinski definition) is 0. The summed E-state index contributed by atoms with van der Waals surface area (Å²) < 4.78 is 7.12. The van der Waals surface area contributed by atoms with E-state index in [1.165, 1.54) is 6.33 Å². The molecule has 0 saturated carbocycles. The molecule has 0 spiro atoms. The number of nitrogens with zero attached hydrogens (tertiary/aromatic N) is 5. The van der Waals surface area contributed by atoms with Gasteiger partial charge in [0.15, 0.2) is 0 Å².